The molecule has 0 unspecified atom stereocenters. The zero-order chi connectivity index (χ0) is 29.8. The lowest BCUT2D eigenvalue weighted by atomic mass is 9.90. The van der Waals surface area contributed by atoms with Crippen LogP contribution >= 0.6 is 22.9 Å². The molecule has 3 heterocycles. The molecule has 0 saturated carbocycles. The second kappa shape index (κ2) is 10.7. The number of thiazole rings is 1. The van der Waals surface area contributed by atoms with E-state index in [1.54, 1.807) is 18.3 Å². The number of halogens is 1. The molecule has 0 N–H and O–H groups in total. The minimum Gasteiger partial charge on any atom is -0.360 e. The van der Waals surface area contributed by atoms with Gasteiger partial charge in [0, 0.05) is 34.8 Å². The number of nitrogens with zero attached hydrogens (tertiary/aromatic N) is 4. The SMILES string of the molecule is CC(=O)[C@@H](OC(C)(C)C)c1c(C)cc2nc(-c3cc(-c4ccc5c(cnn5C)c4)ccn3)sc2c1-c1ccc(Cl)cc1. The average Bonchev–Trinajstić information content (AvgIpc) is 3.54. The van der Waals surface area contributed by atoms with Crippen molar-refractivity contribution in [3.8, 4) is 33.0 Å². The summed E-state index contributed by atoms with van der Waals surface area (Å²) in [5.74, 6) is -0.0488. The van der Waals surface area contributed by atoms with Crippen LogP contribution in [-0.2, 0) is 16.6 Å². The molecular weight excluding hydrogens is 564 g/mol. The standard InChI is InChI=1S/C34H31ClN4O2S/c1-19-15-26-32(30(21-7-10-25(35)11-8-21)29(19)31(20(2)40)41-34(3,4)5)42-33(38-26)27-17-23(13-14-36-27)22-9-12-28-24(16-22)18-37-39(28)6/h7-18,31H,1-6H3/t31-/m1/s1. The molecule has 212 valence electrons. The molecule has 0 radical (unpaired) electrons. The van der Waals surface area contributed by atoms with Crippen LogP contribution in [0, 0.1) is 6.92 Å². The molecule has 8 heteroatoms. The Balaban J connectivity index is 1.53. The number of ether oxygens (including phenoxy) is 1. The minimum atomic E-state index is -0.727. The Kier molecular flexibility index (Phi) is 7.21. The molecule has 3 aromatic heterocycles. The van der Waals surface area contributed by atoms with Crippen molar-refractivity contribution < 1.29 is 9.53 Å². The molecule has 6 aromatic rings. The van der Waals surface area contributed by atoms with Crippen molar-refractivity contribution >= 4 is 49.8 Å². The van der Waals surface area contributed by atoms with Gasteiger partial charge in [-0.1, -0.05) is 29.8 Å². The summed E-state index contributed by atoms with van der Waals surface area (Å²) in [4.78, 5) is 22.8. The summed E-state index contributed by atoms with van der Waals surface area (Å²) < 4.78 is 9.22. The van der Waals surface area contributed by atoms with E-state index >= 15 is 0 Å². The van der Waals surface area contributed by atoms with Crippen molar-refractivity contribution in [1.82, 2.24) is 19.7 Å². The number of aromatic nitrogens is 4. The highest BCUT2D eigenvalue weighted by Gasteiger charge is 2.30. The molecule has 0 bridgehead atoms. The smallest absolute Gasteiger partial charge is 0.163 e. The van der Waals surface area contributed by atoms with Gasteiger partial charge >= 0.3 is 0 Å². The summed E-state index contributed by atoms with van der Waals surface area (Å²) in [6.45, 7) is 9.50. The molecule has 6 nitrogen and oxygen atoms in total. The first-order valence-corrected chi connectivity index (χ1v) is 14.9. The van der Waals surface area contributed by atoms with Crippen molar-refractivity contribution in [1.29, 1.82) is 0 Å². The van der Waals surface area contributed by atoms with Crippen LogP contribution in [0.25, 0.3) is 54.1 Å². The van der Waals surface area contributed by atoms with Gasteiger partial charge in [0.15, 0.2) is 5.78 Å². The van der Waals surface area contributed by atoms with Gasteiger partial charge in [-0.2, -0.15) is 5.10 Å². The van der Waals surface area contributed by atoms with Crippen molar-refractivity contribution in [3.05, 3.63) is 89.2 Å². The Labute approximate surface area is 254 Å². The van der Waals surface area contributed by atoms with Crippen LogP contribution in [-0.4, -0.2) is 31.1 Å². The summed E-state index contributed by atoms with van der Waals surface area (Å²) in [5, 5.41) is 6.91. The van der Waals surface area contributed by atoms with E-state index in [1.165, 1.54) is 0 Å². The zero-order valence-electron chi connectivity index (χ0n) is 24.4. The maximum Gasteiger partial charge on any atom is 0.163 e. The van der Waals surface area contributed by atoms with Crippen LogP contribution in [0.5, 0.6) is 0 Å². The number of ketones is 1. The lowest BCUT2D eigenvalue weighted by molar-refractivity contribution is -0.138. The van der Waals surface area contributed by atoms with Gasteiger partial charge in [0.05, 0.1) is 33.2 Å². The van der Waals surface area contributed by atoms with Gasteiger partial charge in [0.1, 0.15) is 11.1 Å². The molecule has 0 spiro atoms. The van der Waals surface area contributed by atoms with E-state index in [1.807, 2.05) is 88.2 Å². The summed E-state index contributed by atoms with van der Waals surface area (Å²) in [6, 6.07) is 20.2. The number of Topliss-reactive ketones (excluding diaryl/α,β-unsaturated/α-hetero) is 1. The van der Waals surface area contributed by atoms with Crippen molar-refractivity contribution in [2.75, 3.05) is 0 Å². The third kappa shape index (κ3) is 5.36. The number of fused-ring (bicyclic) bond motifs is 2. The first-order chi connectivity index (χ1) is 20.0. The summed E-state index contributed by atoms with van der Waals surface area (Å²) in [7, 11) is 1.94. The van der Waals surface area contributed by atoms with Crippen LogP contribution in [0.4, 0.5) is 0 Å². The Morgan fingerprint density at radius 2 is 1.71 bits per heavy atom. The molecule has 42 heavy (non-hydrogen) atoms. The first kappa shape index (κ1) is 28.2. The topological polar surface area (TPSA) is 69.9 Å². The van der Waals surface area contributed by atoms with Crippen LogP contribution in [0.2, 0.25) is 5.02 Å². The predicted molar refractivity (Wildman–Crippen MR) is 172 cm³/mol. The second-order valence-corrected chi connectivity index (χ2v) is 13.0. The Hall–Kier alpha value is -3.91. The molecule has 6 rings (SSSR count). The summed E-state index contributed by atoms with van der Waals surface area (Å²) in [6.07, 6.45) is 2.98. The lowest BCUT2D eigenvalue weighted by Gasteiger charge is -2.29. The molecule has 0 amide bonds. The third-order valence-electron chi connectivity index (χ3n) is 7.22. The molecule has 0 fully saturated rings. The van der Waals surface area contributed by atoms with Crippen molar-refractivity contribution in [2.24, 2.45) is 7.05 Å². The molecule has 1 atom stereocenters. The highest BCUT2D eigenvalue weighted by atomic mass is 35.5. The van der Waals surface area contributed by atoms with Gasteiger partial charge < -0.3 is 4.74 Å². The fourth-order valence-electron chi connectivity index (χ4n) is 5.33. The van der Waals surface area contributed by atoms with Gasteiger partial charge in [-0.25, -0.2) is 4.98 Å². The Morgan fingerprint density at radius 3 is 2.43 bits per heavy atom. The largest absolute Gasteiger partial charge is 0.360 e. The molecule has 0 aliphatic rings. The summed E-state index contributed by atoms with van der Waals surface area (Å²) in [5.41, 5.74) is 8.03. The average molecular weight is 595 g/mol. The molecule has 3 aromatic carbocycles. The monoisotopic (exact) mass is 594 g/mol. The molecule has 0 aliphatic heterocycles. The van der Waals surface area contributed by atoms with Crippen LogP contribution in [0.3, 0.4) is 0 Å². The number of hydrogen-bond donors (Lipinski definition) is 0. The van der Waals surface area contributed by atoms with E-state index in [2.05, 4.69) is 29.4 Å². The van der Waals surface area contributed by atoms with Crippen molar-refractivity contribution in [3.63, 3.8) is 0 Å². The predicted octanol–water partition coefficient (Wildman–Crippen LogP) is 8.99. The van der Waals surface area contributed by atoms with E-state index < -0.39 is 11.7 Å². The zero-order valence-corrected chi connectivity index (χ0v) is 26.0. The number of benzene rings is 3. The molecular formula is C34H31ClN4O2S. The van der Waals surface area contributed by atoms with E-state index in [0.717, 1.165) is 65.2 Å². The maximum atomic E-state index is 13.1. The number of aryl methyl sites for hydroxylation is 2. The highest BCUT2D eigenvalue weighted by Crippen LogP contribution is 2.44. The number of carbonyl (C=O) groups excluding carboxylic acids is 1. The molecule has 0 aliphatic carbocycles. The van der Waals surface area contributed by atoms with Gasteiger partial charge in [0.2, 0.25) is 0 Å². The minimum absolute atomic E-state index is 0.0488. The van der Waals surface area contributed by atoms with E-state index in [0.29, 0.717) is 5.02 Å². The molecule has 0 saturated heterocycles. The maximum absolute atomic E-state index is 13.1. The van der Waals surface area contributed by atoms with Gasteiger partial charge in [-0.05, 0) is 99.3 Å². The van der Waals surface area contributed by atoms with Crippen LogP contribution in [0.1, 0.15) is 44.9 Å². The van der Waals surface area contributed by atoms with E-state index in [9.17, 15) is 4.79 Å². The quantitative estimate of drug-likeness (QED) is 0.192. The Morgan fingerprint density at radius 1 is 1.00 bits per heavy atom. The number of pyridine rings is 1. The van der Waals surface area contributed by atoms with Crippen LogP contribution in [0.15, 0.2) is 73.1 Å². The van der Waals surface area contributed by atoms with Crippen LogP contribution < -0.4 is 0 Å². The fraction of sp³-hybridized carbons (Fsp3) is 0.235. The normalized spacial score (nSPS) is 12.7. The number of rotatable bonds is 6. The second-order valence-electron chi connectivity index (χ2n) is 11.5. The van der Waals surface area contributed by atoms with Gasteiger partial charge in [-0.3, -0.25) is 14.5 Å². The number of hydrogen-bond acceptors (Lipinski definition) is 6. The number of carbonyl (C=O) groups is 1. The van der Waals surface area contributed by atoms with E-state index in [4.69, 9.17) is 26.3 Å². The third-order valence-corrected chi connectivity index (χ3v) is 8.59. The lowest BCUT2D eigenvalue weighted by Crippen LogP contribution is -2.27. The van der Waals surface area contributed by atoms with Gasteiger partial charge in [-0.15, -0.1) is 11.3 Å². The van der Waals surface area contributed by atoms with E-state index in [-0.39, 0.29) is 5.78 Å². The Bertz CT molecular complexity index is 1970. The first-order valence-electron chi connectivity index (χ1n) is 13.8. The highest BCUT2D eigenvalue weighted by molar-refractivity contribution is 7.22. The fourth-order valence-corrected chi connectivity index (χ4v) is 6.55. The summed E-state index contributed by atoms with van der Waals surface area (Å²) >= 11 is 7.84. The van der Waals surface area contributed by atoms with Crippen molar-refractivity contribution in [2.45, 2.75) is 46.3 Å². The van der Waals surface area contributed by atoms with Gasteiger partial charge in [0.25, 0.3) is 0 Å².